The summed E-state index contributed by atoms with van der Waals surface area (Å²) in [5.41, 5.74) is 5.94. The van der Waals surface area contributed by atoms with Crippen LogP contribution in [0.1, 0.15) is 12.0 Å². The van der Waals surface area contributed by atoms with Gasteiger partial charge >= 0.3 is 0 Å². The van der Waals surface area contributed by atoms with Crippen molar-refractivity contribution in [3.05, 3.63) is 48.8 Å². The van der Waals surface area contributed by atoms with Crippen molar-refractivity contribution in [2.75, 3.05) is 32.8 Å². The lowest BCUT2D eigenvalue weighted by atomic mass is 9.90. The van der Waals surface area contributed by atoms with E-state index >= 15 is 0 Å². The maximum atomic E-state index is 13.4. The van der Waals surface area contributed by atoms with Crippen LogP contribution < -0.4 is 15.2 Å². The standard InChI is InChI=1S/C19H23FN2O3/c1-3-6-22(12-13(2)20)18(23)19(10-15(19)11-21)14-4-5-16-17(9-14)25-8-7-24-16/h3-5,9,15H,1-2,6-8,10-12,21H2/t15-,19+/m0/s1. The molecule has 1 saturated carbocycles. The Bertz CT molecular complexity index is 706. The van der Waals surface area contributed by atoms with Crippen molar-refractivity contribution in [1.82, 2.24) is 4.90 Å². The highest BCUT2D eigenvalue weighted by Crippen LogP contribution is 2.56. The van der Waals surface area contributed by atoms with Crippen molar-refractivity contribution in [3.63, 3.8) is 0 Å². The van der Waals surface area contributed by atoms with Gasteiger partial charge in [0, 0.05) is 6.54 Å². The molecule has 2 N–H and O–H groups in total. The number of amides is 1. The van der Waals surface area contributed by atoms with Gasteiger partial charge in [-0.15, -0.1) is 6.58 Å². The zero-order valence-corrected chi connectivity index (χ0v) is 14.2. The Kier molecular flexibility index (Phi) is 4.81. The Morgan fingerprint density at radius 2 is 2.12 bits per heavy atom. The predicted octanol–water partition coefficient (Wildman–Crippen LogP) is 2.17. The summed E-state index contributed by atoms with van der Waals surface area (Å²) in [6.45, 7) is 8.41. The van der Waals surface area contributed by atoms with Crippen LogP contribution in [-0.2, 0) is 10.2 Å². The first-order valence-corrected chi connectivity index (χ1v) is 8.36. The normalized spacial score (nSPS) is 23.7. The molecule has 1 fully saturated rings. The van der Waals surface area contributed by atoms with Crippen molar-refractivity contribution in [2.45, 2.75) is 11.8 Å². The smallest absolute Gasteiger partial charge is 0.234 e. The van der Waals surface area contributed by atoms with Crippen molar-refractivity contribution in [1.29, 1.82) is 0 Å². The lowest BCUT2D eigenvalue weighted by molar-refractivity contribution is -0.133. The summed E-state index contributed by atoms with van der Waals surface area (Å²) >= 11 is 0. The predicted molar refractivity (Wildman–Crippen MR) is 93.3 cm³/mol. The van der Waals surface area contributed by atoms with Crippen molar-refractivity contribution < 1.29 is 18.7 Å². The van der Waals surface area contributed by atoms with Gasteiger partial charge in [-0.25, -0.2) is 4.39 Å². The van der Waals surface area contributed by atoms with E-state index in [0.717, 1.165) is 5.56 Å². The largest absolute Gasteiger partial charge is 0.486 e. The third-order valence-electron chi connectivity index (χ3n) is 4.83. The number of nitrogens with two attached hydrogens (primary N) is 1. The average molecular weight is 346 g/mol. The molecule has 1 aromatic carbocycles. The number of nitrogens with zero attached hydrogens (tertiary/aromatic N) is 1. The van der Waals surface area contributed by atoms with Gasteiger partial charge in [-0.05, 0) is 36.6 Å². The molecule has 1 aliphatic carbocycles. The summed E-state index contributed by atoms with van der Waals surface area (Å²) in [5.74, 6) is 0.602. The van der Waals surface area contributed by atoms with E-state index in [4.69, 9.17) is 15.2 Å². The minimum atomic E-state index is -0.747. The topological polar surface area (TPSA) is 64.8 Å². The van der Waals surface area contributed by atoms with Gasteiger partial charge in [0.25, 0.3) is 0 Å². The second-order valence-corrected chi connectivity index (χ2v) is 6.46. The van der Waals surface area contributed by atoms with E-state index in [0.29, 0.717) is 37.7 Å². The number of fused-ring (bicyclic) bond motifs is 1. The first-order valence-electron chi connectivity index (χ1n) is 8.36. The number of benzene rings is 1. The highest BCUT2D eigenvalue weighted by atomic mass is 19.1. The fourth-order valence-electron chi connectivity index (χ4n) is 3.54. The fraction of sp³-hybridized carbons (Fsp3) is 0.421. The highest BCUT2D eigenvalue weighted by molar-refractivity contribution is 5.92. The molecule has 0 spiro atoms. The Hall–Kier alpha value is -2.34. The first kappa shape index (κ1) is 17.5. The molecule has 1 aromatic rings. The molecular weight excluding hydrogens is 323 g/mol. The van der Waals surface area contributed by atoms with E-state index in [9.17, 15) is 9.18 Å². The zero-order chi connectivity index (χ0) is 18.0. The molecule has 0 unspecified atom stereocenters. The molecule has 134 valence electrons. The molecule has 6 heteroatoms. The van der Waals surface area contributed by atoms with Crippen LogP contribution >= 0.6 is 0 Å². The Labute approximate surface area is 146 Å². The van der Waals surface area contributed by atoms with Crippen LogP contribution in [0.3, 0.4) is 0 Å². The van der Waals surface area contributed by atoms with E-state index in [1.54, 1.807) is 6.08 Å². The van der Waals surface area contributed by atoms with E-state index < -0.39 is 11.2 Å². The van der Waals surface area contributed by atoms with Crippen LogP contribution in [0.2, 0.25) is 0 Å². The molecule has 2 atom stereocenters. The van der Waals surface area contributed by atoms with Gasteiger partial charge in [0.2, 0.25) is 5.91 Å². The summed E-state index contributed by atoms with van der Waals surface area (Å²) in [4.78, 5) is 14.7. The number of hydrogen-bond acceptors (Lipinski definition) is 4. The van der Waals surface area contributed by atoms with Crippen LogP contribution in [0.4, 0.5) is 4.39 Å². The number of rotatable bonds is 7. The molecule has 2 aliphatic rings. The second kappa shape index (κ2) is 6.88. The molecule has 3 rings (SSSR count). The molecule has 25 heavy (non-hydrogen) atoms. The number of carbonyl (C=O) groups is 1. The lowest BCUT2D eigenvalue weighted by Crippen LogP contribution is -2.42. The molecule has 0 bridgehead atoms. The minimum Gasteiger partial charge on any atom is -0.486 e. The number of ether oxygens (including phenoxy) is 2. The summed E-state index contributed by atoms with van der Waals surface area (Å²) in [6, 6.07) is 5.53. The fourth-order valence-corrected chi connectivity index (χ4v) is 3.54. The number of carbonyl (C=O) groups excluding carboxylic acids is 1. The monoisotopic (exact) mass is 346 g/mol. The van der Waals surface area contributed by atoms with E-state index in [-0.39, 0.29) is 24.9 Å². The molecular formula is C19H23FN2O3. The highest BCUT2D eigenvalue weighted by Gasteiger charge is 2.61. The number of halogens is 1. The van der Waals surface area contributed by atoms with Gasteiger partial charge in [-0.3, -0.25) is 4.79 Å². The third kappa shape index (κ3) is 3.14. The van der Waals surface area contributed by atoms with Gasteiger partial charge in [0.1, 0.15) is 19.0 Å². The van der Waals surface area contributed by atoms with Crippen LogP contribution in [-0.4, -0.2) is 43.7 Å². The molecule has 1 heterocycles. The van der Waals surface area contributed by atoms with Crippen LogP contribution in [0.15, 0.2) is 43.3 Å². The molecule has 0 saturated heterocycles. The van der Waals surface area contributed by atoms with Crippen molar-refractivity contribution in [2.24, 2.45) is 11.7 Å². The van der Waals surface area contributed by atoms with Crippen molar-refractivity contribution in [3.8, 4) is 11.5 Å². The summed E-state index contributed by atoms with van der Waals surface area (Å²) < 4.78 is 24.5. The summed E-state index contributed by atoms with van der Waals surface area (Å²) in [6.07, 6.45) is 2.21. The molecule has 1 aliphatic heterocycles. The third-order valence-corrected chi connectivity index (χ3v) is 4.83. The maximum Gasteiger partial charge on any atom is 0.234 e. The van der Waals surface area contributed by atoms with Crippen LogP contribution in [0.25, 0.3) is 0 Å². The van der Waals surface area contributed by atoms with Gasteiger partial charge in [-0.2, -0.15) is 0 Å². The number of hydrogen-bond donors (Lipinski definition) is 1. The van der Waals surface area contributed by atoms with Crippen LogP contribution in [0.5, 0.6) is 11.5 Å². The van der Waals surface area contributed by atoms with E-state index in [1.165, 1.54) is 4.90 Å². The second-order valence-electron chi connectivity index (χ2n) is 6.46. The molecule has 1 amide bonds. The van der Waals surface area contributed by atoms with Gasteiger partial charge in [-0.1, -0.05) is 18.7 Å². The Morgan fingerprint density at radius 1 is 1.40 bits per heavy atom. The summed E-state index contributed by atoms with van der Waals surface area (Å²) in [5, 5.41) is 0. The lowest BCUT2D eigenvalue weighted by Gasteiger charge is -2.28. The molecule has 5 nitrogen and oxygen atoms in total. The Balaban J connectivity index is 1.95. The average Bonchev–Trinajstić information content (AvgIpc) is 3.36. The van der Waals surface area contributed by atoms with Crippen molar-refractivity contribution >= 4 is 5.91 Å². The van der Waals surface area contributed by atoms with Gasteiger partial charge in [0.05, 0.1) is 12.0 Å². The summed E-state index contributed by atoms with van der Waals surface area (Å²) in [7, 11) is 0. The zero-order valence-electron chi connectivity index (χ0n) is 14.2. The van der Waals surface area contributed by atoms with Gasteiger partial charge < -0.3 is 20.1 Å². The van der Waals surface area contributed by atoms with Crippen LogP contribution in [0, 0.1) is 5.92 Å². The SMILES string of the molecule is C=CCN(CC(=C)F)C(=O)[C@@]1(c2ccc3c(c2)OCCO3)C[C@H]1CN. The quantitative estimate of drug-likeness (QED) is 0.769. The molecule has 0 aromatic heterocycles. The van der Waals surface area contributed by atoms with E-state index in [1.807, 2.05) is 18.2 Å². The van der Waals surface area contributed by atoms with E-state index in [2.05, 4.69) is 13.2 Å². The Morgan fingerprint density at radius 3 is 2.72 bits per heavy atom. The maximum absolute atomic E-state index is 13.4. The molecule has 0 radical (unpaired) electrons. The minimum absolute atomic E-state index is 0.0164. The first-order chi connectivity index (χ1) is 12.0. The van der Waals surface area contributed by atoms with Gasteiger partial charge in [0.15, 0.2) is 11.5 Å².